The van der Waals surface area contributed by atoms with Gasteiger partial charge in [0.2, 0.25) is 5.91 Å². The van der Waals surface area contributed by atoms with Gasteiger partial charge in [-0.2, -0.15) is 0 Å². The fourth-order valence-electron chi connectivity index (χ4n) is 2.77. The molecule has 28 heavy (non-hydrogen) atoms. The molecule has 0 spiro atoms. The Morgan fingerprint density at radius 3 is 2.54 bits per heavy atom. The molecule has 0 aliphatic carbocycles. The molecule has 7 nitrogen and oxygen atoms in total. The third kappa shape index (κ3) is 3.67. The largest absolute Gasteiger partial charge is 0.508 e. The van der Waals surface area contributed by atoms with Gasteiger partial charge in [-0.05, 0) is 36.8 Å². The number of oxazole rings is 1. The van der Waals surface area contributed by atoms with Gasteiger partial charge in [-0.15, -0.1) is 0 Å². The van der Waals surface area contributed by atoms with Crippen molar-refractivity contribution in [2.45, 2.75) is 30.4 Å². The summed E-state index contributed by atoms with van der Waals surface area (Å²) in [6.45, 7) is 3.22. The van der Waals surface area contributed by atoms with Crippen LogP contribution in [0, 0.1) is 6.92 Å². The first-order chi connectivity index (χ1) is 13.1. The Labute approximate surface area is 171 Å². The molecule has 0 aliphatic rings. The number of fused-ring (bicyclic) bond motifs is 1. The van der Waals surface area contributed by atoms with Gasteiger partial charge in [-0.3, -0.25) is 4.79 Å². The van der Waals surface area contributed by atoms with E-state index in [0.29, 0.717) is 11.4 Å². The maximum absolute atomic E-state index is 12.9. The van der Waals surface area contributed by atoms with Crippen LogP contribution in [0.4, 0.5) is 5.69 Å². The van der Waals surface area contributed by atoms with Gasteiger partial charge < -0.3 is 14.8 Å². The van der Waals surface area contributed by atoms with E-state index >= 15 is 0 Å². The third-order valence-corrected chi connectivity index (χ3v) is 7.02. The van der Waals surface area contributed by atoms with Crippen LogP contribution in [0.1, 0.15) is 19.2 Å². The number of nitrogens with one attached hydrogen (secondary N) is 1. The van der Waals surface area contributed by atoms with Crippen molar-refractivity contribution in [3.05, 3.63) is 46.3 Å². The number of phenolic OH excluding ortho intramolecular Hbond substituents is 1. The lowest BCUT2D eigenvalue weighted by Gasteiger charge is -2.17. The lowest BCUT2D eigenvalue weighted by Crippen LogP contribution is -2.34. The average Bonchev–Trinajstić information content (AvgIpc) is 2.99. The summed E-state index contributed by atoms with van der Waals surface area (Å²) >= 11 is 12.5. The quantitative estimate of drug-likeness (QED) is 0.607. The van der Waals surface area contributed by atoms with Gasteiger partial charge in [0, 0.05) is 6.92 Å². The lowest BCUT2D eigenvalue weighted by atomic mass is 10.2. The zero-order chi connectivity index (χ0) is 20.6. The van der Waals surface area contributed by atoms with Crippen LogP contribution in [0.5, 0.6) is 5.75 Å². The van der Waals surface area contributed by atoms with Crippen LogP contribution in [-0.2, 0) is 14.6 Å². The molecule has 1 unspecified atom stereocenters. The van der Waals surface area contributed by atoms with Crippen LogP contribution in [0.15, 0.2) is 39.6 Å². The highest BCUT2D eigenvalue weighted by molar-refractivity contribution is 7.92. The Bertz CT molecular complexity index is 1160. The Morgan fingerprint density at radius 1 is 1.29 bits per heavy atom. The van der Waals surface area contributed by atoms with Crippen molar-refractivity contribution in [2.24, 2.45) is 0 Å². The minimum Gasteiger partial charge on any atom is -0.508 e. The van der Waals surface area contributed by atoms with Crippen molar-refractivity contribution in [2.75, 3.05) is 5.32 Å². The van der Waals surface area contributed by atoms with E-state index in [1.54, 1.807) is 13.8 Å². The first kappa shape index (κ1) is 20.4. The number of benzene rings is 2. The number of sulfone groups is 1. The van der Waals surface area contributed by atoms with E-state index in [2.05, 4.69) is 10.3 Å². The van der Waals surface area contributed by atoms with Gasteiger partial charge in [0.05, 0.1) is 15.6 Å². The number of aromatic nitrogens is 1. The Kier molecular flexibility index (Phi) is 5.56. The molecule has 1 aromatic heterocycles. The van der Waals surface area contributed by atoms with Gasteiger partial charge in [-0.1, -0.05) is 30.1 Å². The Hall–Kier alpha value is -2.29. The van der Waals surface area contributed by atoms with E-state index in [0.717, 1.165) is 0 Å². The van der Waals surface area contributed by atoms with Crippen molar-refractivity contribution >= 4 is 55.7 Å². The fourth-order valence-corrected chi connectivity index (χ4v) is 4.97. The van der Waals surface area contributed by atoms with Gasteiger partial charge >= 0.3 is 0 Å². The molecule has 0 saturated heterocycles. The SMILES string of the molecule is CCC(C(=O)Nc1c(Cl)cc2nc(C)oc2c1Cl)S(=O)(=O)c1ccc(O)cc1. The number of aryl methyl sites for hydroxylation is 1. The van der Waals surface area contributed by atoms with Crippen LogP contribution in [0.25, 0.3) is 11.1 Å². The van der Waals surface area contributed by atoms with Crippen molar-refractivity contribution in [3.63, 3.8) is 0 Å². The zero-order valence-corrected chi connectivity index (χ0v) is 17.2. The summed E-state index contributed by atoms with van der Waals surface area (Å²) in [6.07, 6.45) is 0.0218. The summed E-state index contributed by atoms with van der Waals surface area (Å²) in [5.41, 5.74) is 0.721. The fraction of sp³-hybridized carbons (Fsp3) is 0.222. The lowest BCUT2D eigenvalue weighted by molar-refractivity contribution is -0.115. The first-order valence-corrected chi connectivity index (χ1v) is 10.5. The molecule has 0 saturated carbocycles. The molecular weight excluding hydrogens is 427 g/mol. The van der Waals surface area contributed by atoms with E-state index < -0.39 is 21.0 Å². The van der Waals surface area contributed by atoms with Crippen LogP contribution in [0.2, 0.25) is 10.0 Å². The zero-order valence-electron chi connectivity index (χ0n) is 14.9. The van der Waals surface area contributed by atoms with Gasteiger partial charge in [0.1, 0.15) is 21.5 Å². The highest BCUT2D eigenvalue weighted by atomic mass is 35.5. The average molecular weight is 443 g/mol. The second-order valence-electron chi connectivity index (χ2n) is 6.05. The molecule has 3 aromatic rings. The number of carbonyl (C=O) groups excluding carboxylic acids is 1. The van der Waals surface area contributed by atoms with E-state index in [1.807, 2.05) is 0 Å². The number of halogens is 2. The normalized spacial score (nSPS) is 12.9. The number of hydrogen-bond donors (Lipinski definition) is 2. The van der Waals surface area contributed by atoms with Crippen LogP contribution >= 0.6 is 23.2 Å². The van der Waals surface area contributed by atoms with Gasteiger partial charge in [0.25, 0.3) is 0 Å². The number of hydrogen-bond acceptors (Lipinski definition) is 6. The maximum Gasteiger partial charge on any atom is 0.243 e. The molecule has 0 radical (unpaired) electrons. The number of nitrogens with zero attached hydrogens (tertiary/aromatic N) is 1. The number of rotatable bonds is 5. The molecule has 0 fully saturated rings. The van der Waals surface area contributed by atoms with Gasteiger partial charge in [0.15, 0.2) is 21.3 Å². The molecule has 0 bridgehead atoms. The summed E-state index contributed by atoms with van der Waals surface area (Å²) in [7, 11) is -4.00. The molecule has 1 amide bonds. The second-order valence-corrected chi connectivity index (χ2v) is 8.97. The number of phenols is 1. The van der Waals surface area contributed by atoms with Crippen LogP contribution in [-0.4, -0.2) is 29.7 Å². The predicted molar refractivity (Wildman–Crippen MR) is 107 cm³/mol. The predicted octanol–water partition coefficient (Wildman–Crippen LogP) is 4.34. The second kappa shape index (κ2) is 7.62. The Balaban J connectivity index is 1.97. The number of aromatic hydroxyl groups is 1. The molecule has 0 aliphatic heterocycles. The molecule has 10 heteroatoms. The topological polar surface area (TPSA) is 110 Å². The van der Waals surface area contributed by atoms with E-state index in [9.17, 15) is 18.3 Å². The third-order valence-electron chi connectivity index (χ3n) is 4.13. The highest BCUT2D eigenvalue weighted by Crippen LogP contribution is 2.38. The Morgan fingerprint density at radius 2 is 1.93 bits per heavy atom. The number of anilines is 1. The van der Waals surface area contributed by atoms with Gasteiger partial charge in [-0.25, -0.2) is 13.4 Å². The van der Waals surface area contributed by atoms with Crippen molar-refractivity contribution < 1.29 is 22.7 Å². The highest BCUT2D eigenvalue weighted by Gasteiger charge is 2.33. The van der Waals surface area contributed by atoms with Crippen molar-refractivity contribution in [1.82, 2.24) is 4.98 Å². The van der Waals surface area contributed by atoms with E-state index in [1.165, 1.54) is 30.3 Å². The number of carbonyl (C=O) groups is 1. The van der Waals surface area contributed by atoms with Crippen molar-refractivity contribution in [1.29, 1.82) is 0 Å². The smallest absolute Gasteiger partial charge is 0.243 e. The minimum atomic E-state index is -4.00. The first-order valence-electron chi connectivity index (χ1n) is 8.24. The summed E-state index contributed by atoms with van der Waals surface area (Å²) in [5, 5.41) is 10.6. The summed E-state index contributed by atoms with van der Waals surface area (Å²) in [6, 6.07) is 6.44. The maximum atomic E-state index is 12.9. The standard InChI is InChI=1S/C18H16Cl2N2O5S/c1-3-14(28(25,26)11-6-4-10(23)5-7-11)18(24)22-16-12(19)8-13-17(15(16)20)27-9(2)21-13/h4-8,14,23H,3H2,1-2H3,(H,22,24). The molecule has 2 N–H and O–H groups in total. The molecule has 1 atom stereocenters. The van der Waals surface area contributed by atoms with E-state index in [4.69, 9.17) is 27.6 Å². The molecule has 3 rings (SSSR count). The monoisotopic (exact) mass is 442 g/mol. The summed E-state index contributed by atoms with van der Waals surface area (Å²) < 4.78 is 31.1. The van der Waals surface area contributed by atoms with Crippen LogP contribution in [0.3, 0.4) is 0 Å². The van der Waals surface area contributed by atoms with Crippen LogP contribution < -0.4 is 5.32 Å². The van der Waals surface area contributed by atoms with E-state index in [-0.39, 0.29) is 38.4 Å². The van der Waals surface area contributed by atoms with Crippen molar-refractivity contribution in [3.8, 4) is 5.75 Å². The summed E-state index contributed by atoms with van der Waals surface area (Å²) in [4.78, 5) is 16.8. The molecule has 2 aromatic carbocycles. The summed E-state index contributed by atoms with van der Waals surface area (Å²) in [5.74, 6) is -0.488. The minimum absolute atomic E-state index is 0.0218. The number of amides is 1. The molecule has 148 valence electrons. The molecule has 1 heterocycles. The molecular formula is C18H16Cl2N2O5S.